The van der Waals surface area contributed by atoms with Gasteiger partial charge in [0.25, 0.3) is 5.91 Å². The molecule has 0 aliphatic heterocycles. The largest absolute Gasteiger partial charge is 0.311 e. The van der Waals surface area contributed by atoms with Crippen LogP contribution in [0, 0.1) is 0 Å². The standard InChI is InChI=1S/C17H19NOS/c1-3-13-20-16-12-8-7-11-15(16)17(19)18(2)14-9-5-4-6-10-14/h4-12H,3,13H2,1-2H3. The first-order chi connectivity index (χ1) is 9.74. The Morgan fingerprint density at radius 1 is 1.05 bits per heavy atom. The van der Waals surface area contributed by atoms with Gasteiger partial charge in [0.1, 0.15) is 0 Å². The van der Waals surface area contributed by atoms with Gasteiger partial charge in [-0.3, -0.25) is 4.79 Å². The number of para-hydroxylation sites is 1. The number of amides is 1. The zero-order chi connectivity index (χ0) is 14.4. The van der Waals surface area contributed by atoms with Crippen molar-refractivity contribution in [2.45, 2.75) is 18.2 Å². The Labute approximate surface area is 124 Å². The highest BCUT2D eigenvalue weighted by molar-refractivity contribution is 7.99. The van der Waals surface area contributed by atoms with Crippen LogP contribution >= 0.6 is 11.8 Å². The third-order valence-electron chi connectivity index (χ3n) is 3.03. The number of carbonyl (C=O) groups is 1. The monoisotopic (exact) mass is 285 g/mol. The van der Waals surface area contributed by atoms with Crippen LogP contribution in [0.25, 0.3) is 0 Å². The van der Waals surface area contributed by atoms with E-state index in [9.17, 15) is 4.79 Å². The van der Waals surface area contributed by atoms with E-state index in [0.29, 0.717) is 0 Å². The summed E-state index contributed by atoms with van der Waals surface area (Å²) in [6, 6.07) is 17.5. The first-order valence-corrected chi connectivity index (χ1v) is 7.77. The number of rotatable bonds is 5. The number of carbonyl (C=O) groups excluding carboxylic acids is 1. The van der Waals surface area contributed by atoms with Gasteiger partial charge in [-0.2, -0.15) is 0 Å². The Kier molecular flexibility index (Phi) is 5.24. The third kappa shape index (κ3) is 3.42. The lowest BCUT2D eigenvalue weighted by Crippen LogP contribution is -2.26. The smallest absolute Gasteiger partial charge is 0.259 e. The van der Waals surface area contributed by atoms with Crippen LogP contribution in [0.3, 0.4) is 0 Å². The van der Waals surface area contributed by atoms with Gasteiger partial charge in [0.05, 0.1) is 5.56 Å². The summed E-state index contributed by atoms with van der Waals surface area (Å²) in [6.45, 7) is 2.15. The van der Waals surface area contributed by atoms with Gasteiger partial charge >= 0.3 is 0 Å². The molecule has 0 spiro atoms. The summed E-state index contributed by atoms with van der Waals surface area (Å²) in [5, 5.41) is 0. The third-order valence-corrected chi connectivity index (χ3v) is 4.31. The topological polar surface area (TPSA) is 20.3 Å². The Balaban J connectivity index is 2.25. The van der Waals surface area contributed by atoms with Crippen LogP contribution in [0.5, 0.6) is 0 Å². The molecule has 0 radical (unpaired) electrons. The number of nitrogens with zero attached hydrogens (tertiary/aromatic N) is 1. The summed E-state index contributed by atoms with van der Waals surface area (Å²) < 4.78 is 0. The molecule has 0 aromatic heterocycles. The molecule has 2 aromatic rings. The van der Waals surface area contributed by atoms with Gasteiger partial charge in [-0.05, 0) is 36.4 Å². The summed E-state index contributed by atoms with van der Waals surface area (Å²) in [7, 11) is 1.82. The number of hydrogen-bond acceptors (Lipinski definition) is 2. The molecule has 2 aromatic carbocycles. The van der Waals surface area contributed by atoms with E-state index in [2.05, 4.69) is 6.92 Å². The van der Waals surface area contributed by atoms with Gasteiger partial charge < -0.3 is 4.90 Å². The summed E-state index contributed by atoms with van der Waals surface area (Å²) in [5.74, 6) is 1.06. The Hall–Kier alpha value is -1.74. The molecule has 2 rings (SSSR count). The SMILES string of the molecule is CCCSc1ccccc1C(=O)N(C)c1ccccc1. The molecule has 0 aliphatic carbocycles. The maximum Gasteiger partial charge on any atom is 0.259 e. The summed E-state index contributed by atoms with van der Waals surface area (Å²) in [5.41, 5.74) is 1.69. The molecule has 0 saturated heterocycles. The fraction of sp³-hybridized carbons (Fsp3) is 0.235. The summed E-state index contributed by atoms with van der Waals surface area (Å²) in [4.78, 5) is 15.4. The van der Waals surface area contributed by atoms with Gasteiger partial charge in [0.2, 0.25) is 0 Å². The van der Waals surface area contributed by atoms with E-state index in [1.807, 2.05) is 61.6 Å². The Morgan fingerprint density at radius 2 is 1.70 bits per heavy atom. The van der Waals surface area contributed by atoms with E-state index >= 15 is 0 Å². The minimum atomic E-state index is 0.0374. The molecule has 2 nitrogen and oxygen atoms in total. The van der Waals surface area contributed by atoms with Crippen molar-refractivity contribution in [1.29, 1.82) is 0 Å². The second-order valence-corrected chi connectivity index (χ2v) is 5.68. The average molecular weight is 285 g/mol. The first kappa shape index (κ1) is 14.7. The molecule has 0 saturated carbocycles. The van der Waals surface area contributed by atoms with Gasteiger partial charge in [0.15, 0.2) is 0 Å². The Morgan fingerprint density at radius 3 is 2.40 bits per heavy atom. The van der Waals surface area contributed by atoms with Crippen LogP contribution in [0.15, 0.2) is 59.5 Å². The van der Waals surface area contributed by atoms with Crippen LogP contribution in [-0.2, 0) is 0 Å². The molecular weight excluding hydrogens is 266 g/mol. The normalized spacial score (nSPS) is 10.3. The van der Waals surface area contributed by atoms with E-state index in [1.54, 1.807) is 16.7 Å². The summed E-state index contributed by atoms with van der Waals surface area (Å²) in [6.07, 6.45) is 1.10. The maximum absolute atomic E-state index is 12.6. The molecule has 20 heavy (non-hydrogen) atoms. The van der Waals surface area contributed by atoms with Crippen molar-refractivity contribution in [3.05, 3.63) is 60.2 Å². The lowest BCUT2D eigenvalue weighted by molar-refractivity contribution is 0.0990. The van der Waals surface area contributed by atoms with Crippen molar-refractivity contribution in [1.82, 2.24) is 0 Å². The zero-order valence-electron chi connectivity index (χ0n) is 11.9. The molecule has 0 bridgehead atoms. The van der Waals surface area contributed by atoms with E-state index in [0.717, 1.165) is 28.3 Å². The number of benzene rings is 2. The van der Waals surface area contributed by atoms with Crippen LogP contribution in [0.1, 0.15) is 23.7 Å². The van der Waals surface area contributed by atoms with Crippen molar-refractivity contribution in [2.75, 3.05) is 17.7 Å². The number of thioether (sulfide) groups is 1. The van der Waals surface area contributed by atoms with Crippen molar-refractivity contribution in [2.24, 2.45) is 0 Å². The van der Waals surface area contributed by atoms with Crippen LogP contribution in [-0.4, -0.2) is 18.7 Å². The zero-order valence-corrected chi connectivity index (χ0v) is 12.7. The highest BCUT2D eigenvalue weighted by Crippen LogP contribution is 2.25. The predicted octanol–water partition coefficient (Wildman–Crippen LogP) is 4.47. The molecule has 3 heteroatoms. The van der Waals surface area contributed by atoms with E-state index in [1.165, 1.54) is 0 Å². The minimum Gasteiger partial charge on any atom is -0.311 e. The fourth-order valence-electron chi connectivity index (χ4n) is 1.93. The Bertz CT molecular complexity index is 568. The van der Waals surface area contributed by atoms with Gasteiger partial charge in [-0.25, -0.2) is 0 Å². The van der Waals surface area contributed by atoms with Crippen LogP contribution < -0.4 is 4.90 Å². The molecular formula is C17H19NOS. The maximum atomic E-state index is 12.6. The highest BCUT2D eigenvalue weighted by atomic mass is 32.2. The molecule has 0 unspecified atom stereocenters. The van der Waals surface area contributed by atoms with Gasteiger partial charge in [-0.1, -0.05) is 37.3 Å². The molecule has 0 fully saturated rings. The van der Waals surface area contributed by atoms with Crippen molar-refractivity contribution in [3.63, 3.8) is 0 Å². The summed E-state index contributed by atoms with van der Waals surface area (Å²) >= 11 is 1.74. The molecule has 0 atom stereocenters. The number of anilines is 1. The minimum absolute atomic E-state index is 0.0374. The lowest BCUT2D eigenvalue weighted by atomic mass is 10.2. The van der Waals surface area contributed by atoms with Crippen molar-refractivity contribution >= 4 is 23.4 Å². The van der Waals surface area contributed by atoms with Crippen LogP contribution in [0.4, 0.5) is 5.69 Å². The predicted molar refractivity (Wildman–Crippen MR) is 86.6 cm³/mol. The first-order valence-electron chi connectivity index (χ1n) is 6.79. The fourth-order valence-corrected chi connectivity index (χ4v) is 2.84. The molecule has 1 amide bonds. The van der Waals surface area contributed by atoms with Crippen molar-refractivity contribution < 1.29 is 4.79 Å². The van der Waals surface area contributed by atoms with E-state index in [4.69, 9.17) is 0 Å². The quantitative estimate of drug-likeness (QED) is 0.756. The van der Waals surface area contributed by atoms with E-state index < -0.39 is 0 Å². The molecule has 0 aliphatic rings. The van der Waals surface area contributed by atoms with Gasteiger partial charge in [-0.15, -0.1) is 11.8 Å². The lowest BCUT2D eigenvalue weighted by Gasteiger charge is -2.19. The molecule has 104 valence electrons. The second kappa shape index (κ2) is 7.15. The van der Waals surface area contributed by atoms with Gasteiger partial charge in [0, 0.05) is 17.6 Å². The highest BCUT2D eigenvalue weighted by Gasteiger charge is 2.16. The molecule has 0 heterocycles. The molecule has 0 N–H and O–H groups in total. The van der Waals surface area contributed by atoms with Crippen molar-refractivity contribution in [3.8, 4) is 0 Å². The average Bonchev–Trinajstić information content (AvgIpc) is 2.52. The van der Waals surface area contributed by atoms with Crippen LogP contribution in [0.2, 0.25) is 0 Å². The second-order valence-electron chi connectivity index (χ2n) is 4.54. The number of hydrogen-bond donors (Lipinski definition) is 0. The van der Waals surface area contributed by atoms with E-state index in [-0.39, 0.29) is 5.91 Å².